The first kappa shape index (κ1) is 25.6. The van der Waals surface area contributed by atoms with Gasteiger partial charge < -0.3 is 20.3 Å². The third kappa shape index (κ3) is 5.91. The van der Waals surface area contributed by atoms with Crippen LogP contribution in [-0.2, 0) is 0 Å². The molecule has 1 amide bonds. The maximum atomic E-state index is 14.9. The first-order valence-electron chi connectivity index (χ1n) is 10.4. The van der Waals surface area contributed by atoms with E-state index >= 15 is 0 Å². The Morgan fingerprint density at radius 1 is 1.24 bits per heavy atom. The van der Waals surface area contributed by atoms with Crippen molar-refractivity contribution in [1.29, 1.82) is 0 Å². The predicted molar refractivity (Wildman–Crippen MR) is 120 cm³/mol. The largest absolute Gasteiger partial charge is 0.480 e. The lowest BCUT2D eigenvalue weighted by Crippen LogP contribution is -2.32. The Hall–Kier alpha value is -3.01. The Morgan fingerprint density at radius 3 is 2.53 bits per heavy atom. The molecule has 2 N–H and O–H groups in total. The van der Waals surface area contributed by atoms with Gasteiger partial charge in [0.05, 0.1) is 27.8 Å². The van der Waals surface area contributed by atoms with Crippen LogP contribution in [0.25, 0.3) is 0 Å². The molecule has 0 saturated carbocycles. The van der Waals surface area contributed by atoms with Crippen molar-refractivity contribution in [2.75, 3.05) is 23.7 Å². The number of likely N-dealkylation sites (tertiary alicyclic amines) is 1. The molecule has 0 spiro atoms. The lowest BCUT2D eigenvalue weighted by Gasteiger charge is -2.24. The summed E-state index contributed by atoms with van der Waals surface area (Å²) in [4.78, 5) is 14.7. The van der Waals surface area contributed by atoms with Crippen LogP contribution < -0.4 is 15.4 Å². The Kier molecular flexibility index (Phi) is 7.60. The van der Waals surface area contributed by atoms with E-state index in [2.05, 4.69) is 17.2 Å². The topological polar surface area (TPSA) is 53.6 Å². The molecule has 2 atom stereocenters. The second-order valence-corrected chi connectivity index (χ2v) is 8.50. The van der Waals surface area contributed by atoms with Crippen LogP contribution in [0.1, 0.15) is 30.6 Å². The van der Waals surface area contributed by atoms with E-state index in [4.69, 9.17) is 16.3 Å². The van der Waals surface area contributed by atoms with E-state index in [1.165, 1.54) is 12.1 Å². The highest BCUT2D eigenvalue weighted by molar-refractivity contribution is 6.34. The summed E-state index contributed by atoms with van der Waals surface area (Å²) in [7, 11) is 0. The van der Waals surface area contributed by atoms with E-state index in [0.717, 1.165) is 25.5 Å². The number of benzene rings is 2. The van der Waals surface area contributed by atoms with Crippen molar-refractivity contribution in [2.45, 2.75) is 32.5 Å². The van der Waals surface area contributed by atoms with Crippen molar-refractivity contribution in [1.82, 2.24) is 4.90 Å². The fraction of sp³-hybridized carbons (Fsp3) is 0.348. The third-order valence-corrected chi connectivity index (χ3v) is 5.68. The number of nitrogens with one attached hydrogen (secondary N) is 2. The number of hydrogen-bond donors (Lipinski definition) is 2. The van der Waals surface area contributed by atoms with Gasteiger partial charge in [0, 0.05) is 19.2 Å². The van der Waals surface area contributed by atoms with Crippen LogP contribution in [0.3, 0.4) is 0 Å². The maximum absolute atomic E-state index is 14.9. The van der Waals surface area contributed by atoms with Gasteiger partial charge in [0.1, 0.15) is 17.4 Å². The first-order valence-corrected chi connectivity index (χ1v) is 10.8. The molecule has 34 heavy (non-hydrogen) atoms. The van der Waals surface area contributed by atoms with Gasteiger partial charge in [0.15, 0.2) is 6.10 Å². The van der Waals surface area contributed by atoms with E-state index < -0.39 is 46.8 Å². The molecule has 2 aromatic carbocycles. The molecule has 1 heterocycles. The van der Waals surface area contributed by atoms with E-state index in [9.17, 15) is 26.7 Å². The molecule has 1 aliphatic rings. The summed E-state index contributed by atoms with van der Waals surface area (Å²) in [6.45, 7) is 8.03. The summed E-state index contributed by atoms with van der Waals surface area (Å²) < 4.78 is 73.4. The molecule has 2 aromatic rings. The SMILES string of the molecule is C=C(Nc1cc(O[C@@H](C)C(F)(F)F)c(C(=O)Nc2c(F)cccc2Cl)cc1F)N1CCC(C)C1. The van der Waals surface area contributed by atoms with Crippen LogP contribution in [0.2, 0.25) is 5.02 Å². The maximum Gasteiger partial charge on any atom is 0.425 e. The van der Waals surface area contributed by atoms with Gasteiger partial charge in [-0.05, 0) is 37.5 Å². The van der Waals surface area contributed by atoms with Crippen LogP contribution in [0.5, 0.6) is 5.75 Å². The zero-order chi connectivity index (χ0) is 25.2. The van der Waals surface area contributed by atoms with Gasteiger partial charge in [0.2, 0.25) is 0 Å². The van der Waals surface area contributed by atoms with Crippen molar-refractivity contribution in [3.05, 3.63) is 65.0 Å². The van der Waals surface area contributed by atoms with Gasteiger partial charge in [-0.25, -0.2) is 8.78 Å². The highest BCUT2D eigenvalue weighted by Crippen LogP contribution is 2.34. The minimum Gasteiger partial charge on any atom is -0.480 e. The minimum atomic E-state index is -4.75. The van der Waals surface area contributed by atoms with E-state index in [-0.39, 0.29) is 10.7 Å². The fourth-order valence-corrected chi connectivity index (χ4v) is 3.60. The average molecular weight is 504 g/mol. The minimum absolute atomic E-state index is 0.144. The number of halogens is 6. The molecule has 3 rings (SSSR count). The van der Waals surface area contributed by atoms with Crippen LogP contribution in [0.4, 0.5) is 33.3 Å². The highest BCUT2D eigenvalue weighted by atomic mass is 35.5. The monoisotopic (exact) mass is 503 g/mol. The third-order valence-electron chi connectivity index (χ3n) is 5.36. The number of rotatable bonds is 7. The number of amides is 1. The normalized spacial score (nSPS) is 16.8. The van der Waals surface area contributed by atoms with Crippen molar-refractivity contribution >= 4 is 28.9 Å². The summed E-state index contributed by atoms with van der Waals surface area (Å²) in [6.07, 6.45) is -6.14. The molecule has 1 saturated heterocycles. The lowest BCUT2D eigenvalue weighted by atomic mass is 10.1. The zero-order valence-corrected chi connectivity index (χ0v) is 19.2. The van der Waals surface area contributed by atoms with E-state index in [1.807, 2.05) is 11.8 Å². The van der Waals surface area contributed by atoms with Crippen LogP contribution in [0.15, 0.2) is 42.7 Å². The zero-order valence-electron chi connectivity index (χ0n) is 18.4. The highest BCUT2D eigenvalue weighted by Gasteiger charge is 2.39. The Balaban J connectivity index is 1.94. The molecule has 1 aliphatic heterocycles. The summed E-state index contributed by atoms with van der Waals surface area (Å²) in [6, 6.07) is 5.30. The number of anilines is 2. The molecule has 0 bridgehead atoms. The van der Waals surface area contributed by atoms with Crippen molar-refractivity contribution in [3.63, 3.8) is 0 Å². The van der Waals surface area contributed by atoms with Gasteiger partial charge in [-0.3, -0.25) is 4.79 Å². The number of alkyl halides is 3. The van der Waals surface area contributed by atoms with Crippen molar-refractivity contribution in [2.24, 2.45) is 5.92 Å². The fourth-order valence-electron chi connectivity index (χ4n) is 3.39. The molecular formula is C23H23ClF5N3O2. The smallest absolute Gasteiger partial charge is 0.425 e. The molecule has 0 aromatic heterocycles. The van der Waals surface area contributed by atoms with Gasteiger partial charge in [-0.15, -0.1) is 0 Å². The summed E-state index contributed by atoms with van der Waals surface area (Å²) in [5.41, 5.74) is -1.20. The summed E-state index contributed by atoms with van der Waals surface area (Å²) in [5.74, 6) is -2.71. The van der Waals surface area contributed by atoms with Gasteiger partial charge in [0.25, 0.3) is 5.91 Å². The molecule has 184 valence electrons. The molecule has 0 aliphatic carbocycles. The standard InChI is InChI=1S/C23H23ClF5N3O2/c1-12-7-8-32(11-12)14(3)30-19-10-20(34-13(2)23(27,28)29)15(9-18(19)26)22(33)31-21-16(24)5-4-6-17(21)25/h4-6,9-10,12-13,30H,3,7-8,11H2,1-2H3,(H,31,33)/t12?,13-/m0/s1. The molecule has 11 heteroatoms. The van der Waals surface area contributed by atoms with Crippen LogP contribution in [-0.4, -0.2) is 36.2 Å². The number of para-hydroxylation sites is 1. The number of ether oxygens (including phenoxy) is 1. The van der Waals surface area contributed by atoms with Crippen molar-refractivity contribution < 1.29 is 31.5 Å². The number of carbonyl (C=O) groups is 1. The Morgan fingerprint density at radius 2 is 1.94 bits per heavy atom. The average Bonchev–Trinajstić information content (AvgIpc) is 3.18. The molecule has 1 unspecified atom stereocenters. The molecular weight excluding hydrogens is 481 g/mol. The van der Waals surface area contributed by atoms with Crippen LogP contribution in [0, 0.1) is 17.6 Å². The Bertz CT molecular complexity index is 1070. The predicted octanol–water partition coefficient (Wildman–Crippen LogP) is 6.43. The van der Waals surface area contributed by atoms with Gasteiger partial charge >= 0.3 is 6.18 Å². The summed E-state index contributed by atoms with van der Waals surface area (Å²) in [5, 5.41) is 4.76. The second-order valence-electron chi connectivity index (χ2n) is 8.09. The molecule has 1 fully saturated rings. The number of hydrogen-bond acceptors (Lipinski definition) is 4. The lowest BCUT2D eigenvalue weighted by molar-refractivity contribution is -0.189. The van der Waals surface area contributed by atoms with E-state index in [1.54, 1.807) is 0 Å². The molecule has 0 radical (unpaired) electrons. The van der Waals surface area contributed by atoms with Gasteiger partial charge in [-0.2, -0.15) is 13.2 Å². The Labute approximate surface area is 198 Å². The van der Waals surface area contributed by atoms with Crippen molar-refractivity contribution in [3.8, 4) is 5.75 Å². The number of carbonyl (C=O) groups excluding carboxylic acids is 1. The quantitative estimate of drug-likeness (QED) is 0.428. The van der Waals surface area contributed by atoms with Crippen LogP contribution >= 0.6 is 11.6 Å². The van der Waals surface area contributed by atoms with E-state index in [0.29, 0.717) is 30.9 Å². The second kappa shape index (κ2) is 10.1. The number of nitrogens with zero attached hydrogens (tertiary/aromatic N) is 1. The van der Waals surface area contributed by atoms with Gasteiger partial charge in [-0.1, -0.05) is 31.2 Å². The summed E-state index contributed by atoms with van der Waals surface area (Å²) >= 11 is 5.90. The first-order chi connectivity index (χ1) is 15.9. The molecule has 5 nitrogen and oxygen atoms in total.